The highest BCUT2D eigenvalue weighted by molar-refractivity contribution is 6.17. The predicted octanol–water partition coefficient (Wildman–Crippen LogP) is 3.16. The standard InChI is InChI=1S/C14H16ClN3/c1-11-6-14(13(7-15)9-17-11)18(2)10-12-4-3-5-16-8-12/h3-6,8-9H,7,10H2,1-2H3. The van der Waals surface area contributed by atoms with Crippen molar-refractivity contribution in [1.82, 2.24) is 9.97 Å². The van der Waals surface area contributed by atoms with Gasteiger partial charge in [-0.05, 0) is 24.6 Å². The van der Waals surface area contributed by atoms with Crippen LogP contribution >= 0.6 is 11.6 Å². The number of hydrogen-bond acceptors (Lipinski definition) is 3. The third kappa shape index (κ3) is 2.99. The fourth-order valence-corrected chi connectivity index (χ4v) is 2.09. The van der Waals surface area contributed by atoms with Crippen LogP contribution in [0.3, 0.4) is 0 Å². The van der Waals surface area contributed by atoms with E-state index < -0.39 is 0 Å². The van der Waals surface area contributed by atoms with Crippen molar-refractivity contribution in [2.24, 2.45) is 0 Å². The molecule has 0 radical (unpaired) electrons. The van der Waals surface area contributed by atoms with Crippen LogP contribution < -0.4 is 4.90 Å². The summed E-state index contributed by atoms with van der Waals surface area (Å²) in [6.07, 6.45) is 5.51. The summed E-state index contributed by atoms with van der Waals surface area (Å²) in [4.78, 5) is 10.6. The topological polar surface area (TPSA) is 29.0 Å². The second-order valence-electron chi connectivity index (χ2n) is 4.31. The van der Waals surface area contributed by atoms with E-state index in [0.29, 0.717) is 5.88 Å². The van der Waals surface area contributed by atoms with Crippen molar-refractivity contribution in [3.8, 4) is 0 Å². The van der Waals surface area contributed by atoms with Crippen LogP contribution in [-0.2, 0) is 12.4 Å². The van der Waals surface area contributed by atoms with E-state index in [1.54, 1.807) is 6.20 Å². The van der Waals surface area contributed by atoms with E-state index in [2.05, 4.69) is 34.0 Å². The smallest absolute Gasteiger partial charge is 0.0509 e. The van der Waals surface area contributed by atoms with Crippen LogP contribution in [0.1, 0.15) is 16.8 Å². The summed E-state index contributed by atoms with van der Waals surface area (Å²) in [6.45, 7) is 2.79. The maximum Gasteiger partial charge on any atom is 0.0509 e. The number of aryl methyl sites for hydroxylation is 1. The van der Waals surface area contributed by atoms with E-state index in [4.69, 9.17) is 11.6 Å². The molecule has 0 amide bonds. The number of halogens is 1. The SMILES string of the molecule is Cc1cc(N(C)Cc2cccnc2)c(CCl)cn1. The molecule has 2 aromatic heterocycles. The summed E-state index contributed by atoms with van der Waals surface area (Å²) in [7, 11) is 2.05. The molecule has 0 aliphatic heterocycles. The number of pyridine rings is 2. The van der Waals surface area contributed by atoms with Crippen molar-refractivity contribution in [3.05, 3.63) is 53.6 Å². The summed E-state index contributed by atoms with van der Waals surface area (Å²) in [5, 5.41) is 0. The Balaban J connectivity index is 2.23. The first kappa shape index (κ1) is 12.8. The third-order valence-corrected chi connectivity index (χ3v) is 3.08. The minimum Gasteiger partial charge on any atom is -0.370 e. The molecule has 0 N–H and O–H groups in total. The summed E-state index contributed by atoms with van der Waals surface area (Å²) >= 11 is 5.95. The zero-order valence-corrected chi connectivity index (χ0v) is 11.4. The van der Waals surface area contributed by atoms with Gasteiger partial charge in [-0.1, -0.05) is 6.07 Å². The molecule has 0 spiro atoms. The Kier molecular flexibility index (Phi) is 4.15. The van der Waals surface area contributed by atoms with Crippen molar-refractivity contribution in [2.75, 3.05) is 11.9 Å². The lowest BCUT2D eigenvalue weighted by molar-refractivity contribution is 0.902. The summed E-state index contributed by atoms with van der Waals surface area (Å²) in [5.41, 5.74) is 4.35. The largest absolute Gasteiger partial charge is 0.370 e. The van der Waals surface area contributed by atoms with Gasteiger partial charge in [-0.3, -0.25) is 9.97 Å². The van der Waals surface area contributed by atoms with Crippen LogP contribution in [0.2, 0.25) is 0 Å². The van der Waals surface area contributed by atoms with Crippen molar-refractivity contribution >= 4 is 17.3 Å². The summed E-state index contributed by atoms with van der Waals surface area (Å²) < 4.78 is 0. The minimum atomic E-state index is 0.472. The molecule has 0 aliphatic carbocycles. The summed E-state index contributed by atoms with van der Waals surface area (Å²) in [5.74, 6) is 0.472. The van der Waals surface area contributed by atoms with Crippen LogP contribution in [0.4, 0.5) is 5.69 Å². The van der Waals surface area contributed by atoms with Crippen molar-refractivity contribution in [3.63, 3.8) is 0 Å². The maximum absolute atomic E-state index is 5.95. The van der Waals surface area contributed by atoms with Crippen LogP contribution in [-0.4, -0.2) is 17.0 Å². The molecule has 2 aromatic rings. The highest BCUT2D eigenvalue weighted by Gasteiger charge is 2.08. The van der Waals surface area contributed by atoms with Gasteiger partial charge in [0, 0.05) is 49.1 Å². The monoisotopic (exact) mass is 261 g/mol. The van der Waals surface area contributed by atoms with Gasteiger partial charge in [-0.2, -0.15) is 0 Å². The first-order valence-electron chi connectivity index (χ1n) is 5.82. The van der Waals surface area contributed by atoms with Gasteiger partial charge in [-0.25, -0.2) is 0 Å². The fourth-order valence-electron chi connectivity index (χ4n) is 1.88. The van der Waals surface area contributed by atoms with Crippen molar-refractivity contribution in [1.29, 1.82) is 0 Å². The first-order valence-corrected chi connectivity index (χ1v) is 6.35. The lowest BCUT2D eigenvalue weighted by atomic mass is 10.2. The van der Waals surface area contributed by atoms with E-state index in [1.165, 1.54) is 5.56 Å². The van der Waals surface area contributed by atoms with E-state index in [1.807, 2.05) is 25.4 Å². The van der Waals surface area contributed by atoms with Gasteiger partial charge in [0.1, 0.15) is 0 Å². The normalized spacial score (nSPS) is 10.4. The second kappa shape index (κ2) is 5.83. The minimum absolute atomic E-state index is 0.472. The zero-order valence-electron chi connectivity index (χ0n) is 10.6. The van der Waals surface area contributed by atoms with E-state index in [-0.39, 0.29) is 0 Å². The number of aromatic nitrogens is 2. The van der Waals surface area contributed by atoms with Crippen LogP contribution in [0, 0.1) is 6.92 Å². The Morgan fingerprint density at radius 1 is 1.33 bits per heavy atom. The van der Waals surface area contributed by atoms with Crippen LogP contribution in [0.15, 0.2) is 36.8 Å². The van der Waals surface area contributed by atoms with Gasteiger partial charge in [0.2, 0.25) is 0 Å². The zero-order chi connectivity index (χ0) is 13.0. The van der Waals surface area contributed by atoms with Gasteiger partial charge in [-0.15, -0.1) is 11.6 Å². The maximum atomic E-state index is 5.95. The Morgan fingerprint density at radius 2 is 2.17 bits per heavy atom. The van der Waals surface area contributed by atoms with E-state index in [9.17, 15) is 0 Å². The van der Waals surface area contributed by atoms with Crippen molar-refractivity contribution < 1.29 is 0 Å². The summed E-state index contributed by atoms with van der Waals surface area (Å²) in [6, 6.07) is 6.08. The molecule has 94 valence electrons. The Labute approximate surface area is 112 Å². The molecular weight excluding hydrogens is 246 g/mol. The lowest BCUT2D eigenvalue weighted by Gasteiger charge is -2.22. The van der Waals surface area contributed by atoms with E-state index >= 15 is 0 Å². The number of alkyl halides is 1. The number of anilines is 1. The quantitative estimate of drug-likeness (QED) is 0.792. The second-order valence-corrected chi connectivity index (χ2v) is 4.57. The molecule has 4 heteroatoms. The molecule has 3 nitrogen and oxygen atoms in total. The average Bonchev–Trinajstić information content (AvgIpc) is 2.40. The molecule has 2 rings (SSSR count). The van der Waals surface area contributed by atoms with E-state index in [0.717, 1.165) is 23.5 Å². The molecule has 18 heavy (non-hydrogen) atoms. The fraction of sp³-hybridized carbons (Fsp3) is 0.286. The van der Waals surface area contributed by atoms with Crippen molar-refractivity contribution in [2.45, 2.75) is 19.3 Å². The Bertz CT molecular complexity index is 514. The number of hydrogen-bond donors (Lipinski definition) is 0. The molecule has 2 heterocycles. The first-order chi connectivity index (χ1) is 8.70. The van der Waals surface area contributed by atoms with Gasteiger partial charge in [0.25, 0.3) is 0 Å². The van der Waals surface area contributed by atoms with Gasteiger partial charge in [0.15, 0.2) is 0 Å². The van der Waals surface area contributed by atoms with Gasteiger partial charge >= 0.3 is 0 Å². The third-order valence-electron chi connectivity index (χ3n) is 2.80. The molecule has 0 bridgehead atoms. The molecule has 0 unspecified atom stereocenters. The highest BCUT2D eigenvalue weighted by Crippen LogP contribution is 2.22. The molecule has 0 atom stereocenters. The Hall–Kier alpha value is -1.61. The van der Waals surface area contributed by atoms with Gasteiger partial charge in [0.05, 0.1) is 5.88 Å². The molecule has 0 saturated heterocycles. The molecular formula is C14H16ClN3. The number of nitrogens with zero attached hydrogens (tertiary/aromatic N) is 3. The lowest BCUT2D eigenvalue weighted by Crippen LogP contribution is -2.18. The van der Waals surface area contributed by atoms with Crippen LogP contribution in [0.25, 0.3) is 0 Å². The average molecular weight is 262 g/mol. The highest BCUT2D eigenvalue weighted by atomic mass is 35.5. The molecule has 0 aromatic carbocycles. The van der Waals surface area contributed by atoms with Crippen LogP contribution in [0.5, 0.6) is 0 Å². The molecule has 0 saturated carbocycles. The van der Waals surface area contributed by atoms with Gasteiger partial charge < -0.3 is 4.90 Å². The molecule has 0 aliphatic rings. The predicted molar refractivity (Wildman–Crippen MR) is 74.9 cm³/mol. The Morgan fingerprint density at radius 3 is 2.83 bits per heavy atom. The molecule has 0 fully saturated rings. The number of rotatable bonds is 4.